The first-order valence-electron chi connectivity index (χ1n) is 11.1. The molecule has 2 amide bonds. The molecular formula is C27H32N2O2S. The topological polar surface area (TPSA) is 40.6 Å². The zero-order valence-corrected chi connectivity index (χ0v) is 20.2. The molecule has 1 aromatic heterocycles. The molecule has 0 N–H and O–H groups in total. The molecule has 0 bridgehead atoms. The first kappa shape index (κ1) is 23.7. The van der Waals surface area contributed by atoms with Crippen LogP contribution in [0.3, 0.4) is 0 Å². The molecule has 1 atom stereocenters. The molecule has 168 valence electrons. The molecule has 0 spiro atoms. The van der Waals surface area contributed by atoms with Crippen LogP contribution in [0.1, 0.15) is 51.5 Å². The van der Waals surface area contributed by atoms with Crippen LogP contribution in [0.15, 0.2) is 66.7 Å². The van der Waals surface area contributed by atoms with Gasteiger partial charge in [0.1, 0.15) is 6.54 Å². The van der Waals surface area contributed by atoms with Crippen molar-refractivity contribution in [3.05, 3.63) is 93.2 Å². The smallest absolute Gasteiger partial charge is 0.254 e. The van der Waals surface area contributed by atoms with Gasteiger partial charge in [-0.2, -0.15) is 0 Å². The van der Waals surface area contributed by atoms with Gasteiger partial charge in [0, 0.05) is 27.9 Å². The summed E-state index contributed by atoms with van der Waals surface area (Å²) in [6.45, 7) is 9.24. The average Bonchev–Trinajstić information content (AvgIpc) is 3.21. The molecule has 4 nitrogen and oxygen atoms in total. The Morgan fingerprint density at radius 2 is 1.59 bits per heavy atom. The highest BCUT2D eigenvalue weighted by Crippen LogP contribution is 2.20. The third kappa shape index (κ3) is 6.30. The largest absolute Gasteiger partial charge is 0.332 e. The summed E-state index contributed by atoms with van der Waals surface area (Å²) in [6, 6.07) is 21.7. The van der Waals surface area contributed by atoms with Crippen molar-refractivity contribution >= 4 is 23.2 Å². The molecule has 32 heavy (non-hydrogen) atoms. The first-order valence-corrected chi connectivity index (χ1v) is 11.9. The Labute approximate surface area is 195 Å². The lowest BCUT2D eigenvalue weighted by Gasteiger charge is -2.31. The number of rotatable bonds is 9. The lowest BCUT2D eigenvalue weighted by Crippen LogP contribution is -2.46. The molecule has 0 radical (unpaired) electrons. The van der Waals surface area contributed by atoms with E-state index in [9.17, 15) is 9.59 Å². The highest BCUT2D eigenvalue weighted by Gasteiger charge is 2.26. The fourth-order valence-corrected chi connectivity index (χ4v) is 4.46. The number of nitrogens with zero attached hydrogens (tertiary/aromatic N) is 2. The highest BCUT2D eigenvalue weighted by atomic mass is 32.1. The van der Waals surface area contributed by atoms with E-state index in [4.69, 9.17) is 0 Å². The number of carbonyl (C=O) groups is 2. The molecule has 1 heterocycles. The first-order chi connectivity index (χ1) is 15.4. The van der Waals surface area contributed by atoms with E-state index in [0.717, 1.165) is 22.4 Å². The fraction of sp³-hybridized carbons (Fsp3) is 0.333. The van der Waals surface area contributed by atoms with Crippen LogP contribution >= 0.6 is 11.3 Å². The fourth-order valence-electron chi connectivity index (χ4n) is 3.55. The lowest BCUT2D eigenvalue weighted by molar-refractivity contribution is -0.133. The van der Waals surface area contributed by atoms with Crippen LogP contribution < -0.4 is 0 Å². The second-order valence-corrected chi connectivity index (χ2v) is 9.68. The number of aryl methyl sites for hydroxylation is 2. The summed E-state index contributed by atoms with van der Waals surface area (Å²) in [5.41, 5.74) is 2.80. The van der Waals surface area contributed by atoms with Gasteiger partial charge in [0.25, 0.3) is 5.91 Å². The molecule has 0 aliphatic carbocycles. The van der Waals surface area contributed by atoms with E-state index < -0.39 is 0 Å². The monoisotopic (exact) mass is 448 g/mol. The van der Waals surface area contributed by atoms with E-state index >= 15 is 0 Å². The van der Waals surface area contributed by atoms with Gasteiger partial charge in [-0.05, 0) is 57.0 Å². The predicted molar refractivity (Wildman–Crippen MR) is 132 cm³/mol. The zero-order valence-electron chi connectivity index (χ0n) is 19.4. The van der Waals surface area contributed by atoms with Crippen molar-refractivity contribution in [2.24, 2.45) is 0 Å². The molecule has 0 saturated carbocycles. The predicted octanol–water partition coefficient (Wildman–Crippen LogP) is 5.83. The van der Waals surface area contributed by atoms with Gasteiger partial charge in [-0.15, -0.1) is 11.3 Å². The van der Waals surface area contributed by atoms with Crippen molar-refractivity contribution in [2.45, 2.75) is 53.2 Å². The Balaban J connectivity index is 1.82. The maximum Gasteiger partial charge on any atom is 0.254 e. The van der Waals surface area contributed by atoms with Crippen LogP contribution in [0, 0.1) is 13.8 Å². The lowest BCUT2D eigenvalue weighted by atomic mass is 10.1. The number of amides is 2. The third-order valence-corrected chi connectivity index (χ3v) is 6.68. The molecule has 1 unspecified atom stereocenters. The number of hydrogen-bond acceptors (Lipinski definition) is 3. The van der Waals surface area contributed by atoms with E-state index in [0.29, 0.717) is 18.7 Å². The highest BCUT2D eigenvalue weighted by molar-refractivity contribution is 7.11. The molecule has 2 aromatic carbocycles. The van der Waals surface area contributed by atoms with Crippen LogP contribution in [0.4, 0.5) is 0 Å². The van der Waals surface area contributed by atoms with E-state index in [2.05, 4.69) is 19.1 Å². The maximum absolute atomic E-state index is 13.5. The van der Waals surface area contributed by atoms with Gasteiger partial charge in [-0.1, -0.05) is 55.0 Å². The van der Waals surface area contributed by atoms with Gasteiger partial charge in [0.15, 0.2) is 0 Å². The molecule has 3 rings (SSSR count). The van der Waals surface area contributed by atoms with E-state index in [1.807, 2.05) is 80.3 Å². The zero-order chi connectivity index (χ0) is 23.1. The van der Waals surface area contributed by atoms with Gasteiger partial charge in [0.2, 0.25) is 5.91 Å². The van der Waals surface area contributed by atoms with E-state index in [1.54, 1.807) is 16.2 Å². The van der Waals surface area contributed by atoms with Crippen molar-refractivity contribution < 1.29 is 9.59 Å². The van der Waals surface area contributed by atoms with Crippen LogP contribution in [-0.2, 0) is 17.9 Å². The average molecular weight is 449 g/mol. The molecular weight excluding hydrogens is 416 g/mol. The minimum absolute atomic E-state index is 0.0321. The molecule has 0 fully saturated rings. The summed E-state index contributed by atoms with van der Waals surface area (Å²) in [7, 11) is 0. The minimum Gasteiger partial charge on any atom is -0.332 e. The Kier molecular flexibility index (Phi) is 8.23. The molecule has 0 aliphatic heterocycles. The summed E-state index contributed by atoms with van der Waals surface area (Å²) in [6.07, 6.45) is 0.785. The van der Waals surface area contributed by atoms with E-state index in [1.165, 1.54) is 4.88 Å². The standard InChI is InChI=1S/C27H32N2O2S/c1-5-21(3)29(27(31)24-14-11-20(2)12-15-24)19-26(30)28(17-23-9-7-6-8-10-23)18-25-16-13-22(4)32-25/h6-16,21H,5,17-19H2,1-4H3. The van der Waals surface area contributed by atoms with Crippen molar-refractivity contribution in [3.8, 4) is 0 Å². The molecule has 3 aromatic rings. The van der Waals surface area contributed by atoms with Gasteiger partial charge in [0.05, 0.1) is 6.54 Å². The van der Waals surface area contributed by atoms with Crippen LogP contribution in [0.2, 0.25) is 0 Å². The van der Waals surface area contributed by atoms with Crippen molar-refractivity contribution in [1.29, 1.82) is 0 Å². The van der Waals surface area contributed by atoms with Gasteiger partial charge in [-0.25, -0.2) is 0 Å². The summed E-state index contributed by atoms with van der Waals surface area (Å²) in [5.74, 6) is -0.139. The van der Waals surface area contributed by atoms with Gasteiger partial charge < -0.3 is 9.80 Å². The van der Waals surface area contributed by atoms with E-state index in [-0.39, 0.29) is 24.4 Å². The number of hydrogen-bond donors (Lipinski definition) is 0. The Bertz CT molecular complexity index is 1030. The maximum atomic E-state index is 13.5. The quantitative estimate of drug-likeness (QED) is 0.413. The second-order valence-electron chi connectivity index (χ2n) is 8.30. The van der Waals surface area contributed by atoms with Crippen LogP contribution in [0.25, 0.3) is 0 Å². The normalized spacial score (nSPS) is 11.8. The summed E-state index contributed by atoms with van der Waals surface area (Å²) in [4.78, 5) is 32.8. The Morgan fingerprint density at radius 1 is 0.906 bits per heavy atom. The Hall–Kier alpha value is -2.92. The minimum atomic E-state index is -0.0978. The summed E-state index contributed by atoms with van der Waals surface area (Å²) in [5, 5.41) is 0. The van der Waals surface area contributed by atoms with Crippen molar-refractivity contribution in [3.63, 3.8) is 0 Å². The third-order valence-electron chi connectivity index (χ3n) is 5.70. The van der Waals surface area contributed by atoms with Crippen LogP contribution in [0.5, 0.6) is 0 Å². The second kappa shape index (κ2) is 11.1. The van der Waals surface area contributed by atoms with Gasteiger partial charge >= 0.3 is 0 Å². The summed E-state index contributed by atoms with van der Waals surface area (Å²) >= 11 is 1.70. The van der Waals surface area contributed by atoms with Crippen LogP contribution in [-0.4, -0.2) is 34.2 Å². The number of benzene rings is 2. The Morgan fingerprint density at radius 3 is 2.19 bits per heavy atom. The SMILES string of the molecule is CCC(C)N(CC(=O)N(Cc1ccccc1)Cc1ccc(C)s1)C(=O)c1ccc(C)cc1. The van der Waals surface area contributed by atoms with Crippen molar-refractivity contribution in [2.75, 3.05) is 6.54 Å². The number of carbonyl (C=O) groups excluding carboxylic acids is 2. The molecule has 0 saturated heterocycles. The number of thiophene rings is 1. The van der Waals surface area contributed by atoms with Crippen molar-refractivity contribution in [1.82, 2.24) is 9.80 Å². The molecule has 0 aliphatic rings. The summed E-state index contributed by atoms with van der Waals surface area (Å²) < 4.78 is 0. The van der Waals surface area contributed by atoms with Gasteiger partial charge in [-0.3, -0.25) is 9.59 Å². The molecule has 5 heteroatoms.